The van der Waals surface area contributed by atoms with Crippen LogP contribution >= 0.6 is 0 Å². The molecule has 0 spiro atoms. The Morgan fingerprint density at radius 3 is 2.08 bits per heavy atom. The van der Waals surface area contributed by atoms with E-state index in [1.54, 1.807) is 4.90 Å². The molecule has 5 nitrogen and oxygen atoms in total. The van der Waals surface area contributed by atoms with Crippen LogP contribution in [0, 0.1) is 26.7 Å². The van der Waals surface area contributed by atoms with Crippen LogP contribution in [0.25, 0.3) is 0 Å². The van der Waals surface area contributed by atoms with Crippen molar-refractivity contribution in [1.29, 1.82) is 0 Å². The van der Waals surface area contributed by atoms with Gasteiger partial charge in [-0.2, -0.15) is 0 Å². The minimum atomic E-state index is -0.0139. The fraction of sp³-hybridized carbons (Fsp3) is 0.619. The van der Waals surface area contributed by atoms with E-state index < -0.39 is 0 Å². The monoisotopic (exact) mass is 360 g/mol. The molecule has 0 N–H and O–H groups in total. The highest BCUT2D eigenvalue weighted by Crippen LogP contribution is 2.25. The van der Waals surface area contributed by atoms with Crippen molar-refractivity contribution in [2.45, 2.75) is 47.5 Å². The molecule has 0 atom stereocenters. The van der Waals surface area contributed by atoms with E-state index in [0.717, 1.165) is 35.3 Å². The zero-order valence-electron chi connectivity index (χ0n) is 16.8. The van der Waals surface area contributed by atoms with Crippen LogP contribution in [0.4, 0.5) is 0 Å². The van der Waals surface area contributed by atoms with Crippen LogP contribution in [-0.4, -0.2) is 54.4 Å². The zero-order chi connectivity index (χ0) is 19.3. The van der Waals surface area contributed by atoms with Crippen LogP contribution in [0.1, 0.15) is 43.4 Å². The van der Waals surface area contributed by atoms with E-state index in [0.29, 0.717) is 26.2 Å². The van der Waals surface area contributed by atoms with E-state index in [2.05, 4.69) is 19.9 Å². The highest BCUT2D eigenvalue weighted by atomic mass is 16.5. The van der Waals surface area contributed by atoms with Gasteiger partial charge in [0.2, 0.25) is 5.91 Å². The van der Waals surface area contributed by atoms with Crippen LogP contribution in [0.2, 0.25) is 0 Å². The Morgan fingerprint density at radius 2 is 1.50 bits per heavy atom. The minimum absolute atomic E-state index is 0.0139. The number of nitrogens with zero attached hydrogens (tertiary/aromatic N) is 2. The Morgan fingerprint density at radius 1 is 0.962 bits per heavy atom. The first kappa shape index (κ1) is 20.3. The highest BCUT2D eigenvalue weighted by molar-refractivity contribution is 5.80. The number of carbonyl (C=O) groups excluding carboxylic acids is 2. The van der Waals surface area contributed by atoms with Gasteiger partial charge in [-0.05, 0) is 50.3 Å². The van der Waals surface area contributed by atoms with Gasteiger partial charge in [0.05, 0.1) is 0 Å². The molecule has 2 amide bonds. The van der Waals surface area contributed by atoms with Crippen molar-refractivity contribution in [3.63, 3.8) is 0 Å². The van der Waals surface area contributed by atoms with Gasteiger partial charge in [0.15, 0.2) is 6.61 Å². The molecular formula is C21H32N2O3. The molecule has 0 radical (unpaired) electrons. The van der Waals surface area contributed by atoms with Gasteiger partial charge in [-0.3, -0.25) is 9.59 Å². The average molecular weight is 360 g/mol. The number of carbonyl (C=O) groups is 2. The molecule has 1 aliphatic heterocycles. The predicted molar refractivity (Wildman–Crippen MR) is 103 cm³/mol. The van der Waals surface area contributed by atoms with E-state index in [1.807, 2.05) is 31.7 Å². The maximum atomic E-state index is 12.5. The molecule has 1 fully saturated rings. The second-order valence-electron chi connectivity index (χ2n) is 7.16. The van der Waals surface area contributed by atoms with Crippen molar-refractivity contribution < 1.29 is 14.3 Å². The summed E-state index contributed by atoms with van der Waals surface area (Å²) < 4.78 is 5.84. The number of hydrogen-bond donors (Lipinski definition) is 0. The summed E-state index contributed by atoms with van der Waals surface area (Å²) in [4.78, 5) is 28.7. The molecule has 0 unspecified atom stereocenters. The summed E-state index contributed by atoms with van der Waals surface area (Å²) in [6, 6.07) is 4.08. The molecule has 5 heteroatoms. The van der Waals surface area contributed by atoms with Gasteiger partial charge in [0.25, 0.3) is 5.91 Å². The molecule has 0 saturated carbocycles. The third-order valence-electron chi connectivity index (χ3n) is 5.49. The van der Waals surface area contributed by atoms with Crippen LogP contribution in [0.15, 0.2) is 12.1 Å². The Bertz CT molecular complexity index is 645. The molecule has 1 saturated heterocycles. The van der Waals surface area contributed by atoms with Crippen molar-refractivity contribution in [2.24, 2.45) is 5.92 Å². The Labute approximate surface area is 157 Å². The lowest BCUT2D eigenvalue weighted by atomic mass is 10.0. The molecule has 1 aromatic rings. The second-order valence-corrected chi connectivity index (χ2v) is 7.16. The van der Waals surface area contributed by atoms with Crippen LogP contribution < -0.4 is 4.74 Å². The Balaban J connectivity index is 1.87. The summed E-state index contributed by atoms with van der Waals surface area (Å²) in [5.41, 5.74) is 3.28. The molecule has 144 valence electrons. The SMILES string of the molecule is CCC(CC)C(=O)N1CCN(C(=O)COc2c(C)ccc(C)c2C)CC1. The molecule has 26 heavy (non-hydrogen) atoms. The molecule has 0 aliphatic carbocycles. The predicted octanol–water partition coefficient (Wildman–Crippen LogP) is 3.10. The first-order chi connectivity index (χ1) is 12.4. The topological polar surface area (TPSA) is 49.9 Å². The number of ether oxygens (including phenoxy) is 1. The summed E-state index contributed by atoms with van der Waals surface area (Å²) in [6.07, 6.45) is 1.75. The number of piperazine rings is 1. The van der Waals surface area contributed by atoms with Crippen molar-refractivity contribution in [2.75, 3.05) is 32.8 Å². The molecule has 1 aliphatic rings. The lowest BCUT2D eigenvalue weighted by Gasteiger charge is -2.36. The van der Waals surface area contributed by atoms with E-state index in [4.69, 9.17) is 4.74 Å². The van der Waals surface area contributed by atoms with Crippen molar-refractivity contribution >= 4 is 11.8 Å². The molecule has 1 heterocycles. The fourth-order valence-electron chi connectivity index (χ4n) is 3.45. The Kier molecular flexibility index (Phi) is 7.06. The van der Waals surface area contributed by atoms with Gasteiger partial charge < -0.3 is 14.5 Å². The van der Waals surface area contributed by atoms with E-state index in [-0.39, 0.29) is 24.3 Å². The normalized spacial score (nSPS) is 14.7. The van der Waals surface area contributed by atoms with E-state index in [1.165, 1.54) is 0 Å². The average Bonchev–Trinajstić information content (AvgIpc) is 2.65. The van der Waals surface area contributed by atoms with Gasteiger partial charge >= 0.3 is 0 Å². The van der Waals surface area contributed by atoms with Crippen molar-refractivity contribution in [3.05, 3.63) is 28.8 Å². The van der Waals surface area contributed by atoms with Gasteiger partial charge in [0, 0.05) is 32.1 Å². The maximum absolute atomic E-state index is 12.5. The zero-order valence-corrected chi connectivity index (χ0v) is 16.8. The minimum Gasteiger partial charge on any atom is -0.483 e. The van der Waals surface area contributed by atoms with Crippen molar-refractivity contribution in [1.82, 2.24) is 9.80 Å². The molecule has 0 aromatic heterocycles. The molecule has 1 aromatic carbocycles. The van der Waals surface area contributed by atoms with Gasteiger partial charge in [-0.1, -0.05) is 26.0 Å². The van der Waals surface area contributed by atoms with Crippen LogP contribution in [0.3, 0.4) is 0 Å². The standard InChI is InChI=1S/C21H32N2O3/c1-6-18(7-2)21(25)23-12-10-22(11-13-23)19(24)14-26-20-16(4)9-8-15(3)17(20)5/h8-9,18H,6-7,10-14H2,1-5H3. The molecule has 0 bridgehead atoms. The van der Waals surface area contributed by atoms with E-state index in [9.17, 15) is 9.59 Å². The number of rotatable bonds is 6. The number of aryl methyl sites for hydroxylation is 2. The largest absolute Gasteiger partial charge is 0.483 e. The second kappa shape index (κ2) is 9.06. The third-order valence-corrected chi connectivity index (χ3v) is 5.49. The lowest BCUT2D eigenvalue weighted by molar-refractivity contribution is -0.143. The van der Waals surface area contributed by atoms with Crippen LogP contribution in [-0.2, 0) is 9.59 Å². The number of amides is 2. The number of benzene rings is 1. The highest BCUT2D eigenvalue weighted by Gasteiger charge is 2.27. The quantitative estimate of drug-likeness (QED) is 0.783. The maximum Gasteiger partial charge on any atom is 0.260 e. The first-order valence-corrected chi connectivity index (χ1v) is 9.65. The lowest BCUT2D eigenvalue weighted by Crippen LogP contribution is -2.52. The Hall–Kier alpha value is -2.04. The summed E-state index contributed by atoms with van der Waals surface area (Å²) in [6.45, 7) is 12.6. The summed E-state index contributed by atoms with van der Waals surface area (Å²) in [7, 11) is 0. The summed E-state index contributed by atoms with van der Waals surface area (Å²) >= 11 is 0. The van der Waals surface area contributed by atoms with Crippen molar-refractivity contribution in [3.8, 4) is 5.75 Å². The van der Waals surface area contributed by atoms with Gasteiger partial charge in [-0.15, -0.1) is 0 Å². The smallest absolute Gasteiger partial charge is 0.260 e. The third kappa shape index (κ3) is 4.57. The van der Waals surface area contributed by atoms with Gasteiger partial charge in [-0.25, -0.2) is 0 Å². The summed E-state index contributed by atoms with van der Waals surface area (Å²) in [5.74, 6) is 1.12. The first-order valence-electron chi connectivity index (χ1n) is 9.65. The van der Waals surface area contributed by atoms with Gasteiger partial charge in [0.1, 0.15) is 5.75 Å². The summed E-state index contributed by atoms with van der Waals surface area (Å²) in [5, 5.41) is 0. The van der Waals surface area contributed by atoms with E-state index >= 15 is 0 Å². The fourth-order valence-corrected chi connectivity index (χ4v) is 3.45. The number of hydrogen-bond acceptors (Lipinski definition) is 3. The molecule has 2 rings (SSSR count). The van der Waals surface area contributed by atoms with Crippen LogP contribution in [0.5, 0.6) is 5.75 Å². The molecular weight excluding hydrogens is 328 g/mol.